The third-order valence-electron chi connectivity index (χ3n) is 3.70. The fraction of sp³-hybridized carbons (Fsp3) is 0.462. The molecule has 1 aromatic carbocycles. The van der Waals surface area contributed by atoms with Crippen LogP contribution in [0.4, 0.5) is 11.4 Å². The molecule has 5 heteroatoms. The number of hydrogen-bond acceptors (Lipinski definition) is 4. The minimum absolute atomic E-state index is 0.340. The molecule has 1 saturated heterocycles. The Balaban J connectivity index is 1.93. The van der Waals surface area contributed by atoms with Gasteiger partial charge in [-0.15, -0.1) is 0 Å². The standard InChI is InChI=1S/C13H17N3O2/c17-13(18)9-1-2-12-11(7-9)15-5-6-16(12)10-3-4-14-8-10/h1-2,7,10,14-15H,3-6,8H2,(H,17,18). The second-order valence-corrected chi connectivity index (χ2v) is 4.80. The first kappa shape index (κ1) is 11.3. The van der Waals surface area contributed by atoms with E-state index in [9.17, 15) is 4.79 Å². The van der Waals surface area contributed by atoms with E-state index in [1.165, 1.54) is 0 Å². The second-order valence-electron chi connectivity index (χ2n) is 4.80. The molecule has 2 heterocycles. The van der Waals surface area contributed by atoms with E-state index >= 15 is 0 Å². The first-order valence-electron chi connectivity index (χ1n) is 6.34. The highest BCUT2D eigenvalue weighted by molar-refractivity contribution is 5.91. The van der Waals surface area contributed by atoms with Crippen molar-refractivity contribution in [3.63, 3.8) is 0 Å². The van der Waals surface area contributed by atoms with Gasteiger partial charge in [-0.05, 0) is 31.2 Å². The van der Waals surface area contributed by atoms with Crippen LogP contribution in [-0.2, 0) is 0 Å². The lowest BCUT2D eigenvalue weighted by Crippen LogP contribution is -2.43. The topological polar surface area (TPSA) is 64.6 Å². The number of fused-ring (bicyclic) bond motifs is 1. The lowest BCUT2D eigenvalue weighted by atomic mass is 10.1. The van der Waals surface area contributed by atoms with E-state index in [-0.39, 0.29) is 0 Å². The third kappa shape index (κ3) is 1.90. The Labute approximate surface area is 106 Å². The summed E-state index contributed by atoms with van der Waals surface area (Å²) in [6.07, 6.45) is 1.15. The number of nitrogens with one attached hydrogen (secondary N) is 2. The Hall–Kier alpha value is -1.75. The van der Waals surface area contributed by atoms with Crippen LogP contribution in [0.3, 0.4) is 0 Å². The molecule has 0 aromatic heterocycles. The number of anilines is 2. The highest BCUT2D eigenvalue weighted by Crippen LogP contribution is 2.32. The molecule has 1 unspecified atom stereocenters. The van der Waals surface area contributed by atoms with Gasteiger partial charge in [0.1, 0.15) is 0 Å². The number of nitrogens with zero attached hydrogens (tertiary/aromatic N) is 1. The summed E-state index contributed by atoms with van der Waals surface area (Å²) in [6.45, 7) is 3.93. The van der Waals surface area contributed by atoms with Gasteiger partial charge < -0.3 is 20.6 Å². The summed E-state index contributed by atoms with van der Waals surface area (Å²) >= 11 is 0. The summed E-state index contributed by atoms with van der Waals surface area (Å²) in [5, 5.41) is 15.7. The van der Waals surface area contributed by atoms with Crippen molar-refractivity contribution in [1.29, 1.82) is 0 Å². The largest absolute Gasteiger partial charge is 0.478 e. The van der Waals surface area contributed by atoms with Crippen molar-refractivity contribution < 1.29 is 9.90 Å². The van der Waals surface area contributed by atoms with Gasteiger partial charge in [-0.25, -0.2) is 4.79 Å². The number of carboxylic acid groups (broad SMARTS) is 1. The molecule has 0 radical (unpaired) electrons. The van der Waals surface area contributed by atoms with Gasteiger partial charge in [0, 0.05) is 25.7 Å². The van der Waals surface area contributed by atoms with Crippen molar-refractivity contribution in [1.82, 2.24) is 5.32 Å². The van der Waals surface area contributed by atoms with Crippen molar-refractivity contribution in [2.24, 2.45) is 0 Å². The van der Waals surface area contributed by atoms with E-state index in [0.29, 0.717) is 11.6 Å². The zero-order chi connectivity index (χ0) is 12.5. The molecule has 1 atom stereocenters. The van der Waals surface area contributed by atoms with Crippen molar-refractivity contribution in [3.05, 3.63) is 23.8 Å². The summed E-state index contributed by atoms with van der Waals surface area (Å²) in [5.74, 6) is -0.876. The van der Waals surface area contributed by atoms with Gasteiger partial charge >= 0.3 is 5.97 Å². The van der Waals surface area contributed by atoms with Crippen LogP contribution in [0.25, 0.3) is 0 Å². The maximum Gasteiger partial charge on any atom is 0.335 e. The highest BCUT2D eigenvalue weighted by Gasteiger charge is 2.26. The Morgan fingerprint density at radius 2 is 2.28 bits per heavy atom. The predicted molar refractivity (Wildman–Crippen MR) is 70.5 cm³/mol. The lowest BCUT2D eigenvalue weighted by Gasteiger charge is -2.36. The zero-order valence-corrected chi connectivity index (χ0v) is 10.1. The van der Waals surface area contributed by atoms with Crippen LogP contribution in [-0.4, -0.2) is 43.3 Å². The average Bonchev–Trinajstić information content (AvgIpc) is 2.91. The van der Waals surface area contributed by atoms with Crippen LogP contribution in [0.2, 0.25) is 0 Å². The minimum Gasteiger partial charge on any atom is -0.478 e. The fourth-order valence-corrected chi connectivity index (χ4v) is 2.78. The summed E-state index contributed by atoms with van der Waals surface area (Å²) in [4.78, 5) is 13.4. The van der Waals surface area contributed by atoms with Crippen molar-refractivity contribution in [3.8, 4) is 0 Å². The molecule has 18 heavy (non-hydrogen) atoms. The average molecular weight is 247 g/mol. The molecule has 96 valence electrons. The molecule has 0 spiro atoms. The zero-order valence-electron chi connectivity index (χ0n) is 10.1. The molecule has 0 bridgehead atoms. The van der Waals surface area contributed by atoms with Crippen LogP contribution < -0.4 is 15.5 Å². The van der Waals surface area contributed by atoms with Crippen LogP contribution in [0.15, 0.2) is 18.2 Å². The Bertz CT molecular complexity index is 469. The molecule has 0 aliphatic carbocycles. The van der Waals surface area contributed by atoms with E-state index in [0.717, 1.165) is 44.0 Å². The van der Waals surface area contributed by atoms with E-state index in [1.54, 1.807) is 12.1 Å². The van der Waals surface area contributed by atoms with E-state index in [4.69, 9.17) is 5.11 Å². The number of hydrogen-bond donors (Lipinski definition) is 3. The molecule has 1 aromatic rings. The maximum absolute atomic E-state index is 11.0. The number of carbonyl (C=O) groups is 1. The Morgan fingerprint density at radius 3 is 3.00 bits per heavy atom. The number of carboxylic acids is 1. The lowest BCUT2D eigenvalue weighted by molar-refractivity contribution is 0.0697. The molecule has 0 amide bonds. The van der Waals surface area contributed by atoms with E-state index < -0.39 is 5.97 Å². The van der Waals surface area contributed by atoms with Gasteiger partial charge in [0.15, 0.2) is 0 Å². The summed E-state index contributed by atoms with van der Waals surface area (Å²) in [6, 6.07) is 5.86. The third-order valence-corrected chi connectivity index (χ3v) is 3.70. The fourth-order valence-electron chi connectivity index (χ4n) is 2.78. The first-order chi connectivity index (χ1) is 8.75. The Morgan fingerprint density at radius 1 is 1.39 bits per heavy atom. The van der Waals surface area contributed by atoms with E-state index in [1.807, 2.05) is 6.07 Å². The molecular weight excluding hydrogens is 230 g/mol. The summed E-state index contributed by atoms with van der Waals surface area (Å²) < 4.78 is 0. The normalized spacial score (nSPS) is 22.4. The van der Waals surface area contributed by atoms with Gasteiger partial charge in [-0.3, -0.25) is 0 Å². The van der Waals surface area contributed by atoms with Gasteiger partial charge in [0.05, 0.1) is 16.9 Å². The molecule has 1 fully saturated rings. The minimum atomic E-state index is -0.876. The van der Waals surface area contributed by atoms with Crippen LogP contribution >= 0.6 is 0 Å². The van der Waals surface area contributed by atoms with Gasteiger partial charge in [-0.1, -0.05) is 0 Å². The molecule has 2 aliphatic heterocycles. The molecule has 3 rings (SSSR count). The van der Waals surface area contributed by atoms with Crippen LogP contribution in [0.5, 0.6) is 0 Å². The molecule has 5 nitrogen and oxygen atoms in total. The van der Waals surface area contributed by atoms with Crippen molar-refractivity contribution in [2.75, 3.05) is 36.4 Å². The van der Waals surface area contributed by atoms with Gasteiger partial charge in [0.25, 0.3) is 0 Å². The Kier molecular flexibility index (Phi) is 2.83. The highest BCUT2D eigenvalue weighted by atomic mass is 16.4. The molecule has 2 aliphatic rings. The second kappa shape index (κ2) is 4.49. The number of aromatic carboxylic acids is 1. The number of benzene rings is 1. The van der Waals surface area contributed by atoms with Crippen molar-refractivity contribution in [2.45, 2.75) is 12.5 Å². The van der Waals surface area contributed by atoms with Crippen LogP contribution in [0, 0.1) is 0 Å². The first-order valence-corrected chi connectivity index (χ1v) is 6.34. The van der Waals surface area contributed by atoms with Crippen molar-refractivity contribution >= 4 is 17.3 Å². The van der Waals surface area contributed by atoms with Crippen LogP contribution in [0.1, 0.15) is 16.8 Å². The summed E-state index contributed by atoms with van der Waals surface area (Å²) in [5.41, 5.74) is 2.40. The quantitative estimate of drug-likeness (QED) is 0.727. The van der Waals surface area contributed by atoms with Gasteiger partial charge in [-0.2, -0.15) is 0 Å². The smallest absolute Gasteiger partial charge is 0.335 e. The monoisotopic (exact) mass is 247 g/mol. The SMILES string of the molecule is O=C(O)c1ccc2c(c1)NCCN2C1CCNC1. The van der Waals surface area contributed by atoms with E-state index in [2.05, 4.69) is 15.5 Å². The summed E-state index contributed by atoms with van der Waals surface area (Å²) in [7, 11) is 0. The predicted octanol–water partition coefficient (Wildman–Crippen LogP) is 0.979. The number of rotatable bonds is 2. The van der Waals surface area contributed by atoms with Gasteiger partial charge in [0.2, 0.25) is 0 Å². The molecule has 0 saturated carbocycles. The molecule has 3 N–H and O–H groups in total. The maximum atomic E-state index is 11.0. The molecular formula is C13H17N3O2.